The number of nitrogens with zero attached hydrogens (tertiary/aromatic N) is 5. The molecule has 0 saturated carbocycles. The van der Waals surface area contributed by atoms with Crippen LogP contribution < -0.4 is 9.13 Å². The van der Waals surface area contributed by atoms with E-state index in [1.54, 1.807) is 22.7 Å². The second kappa shape index (κ2) is 7.00. The third kappa shape index (κ3) is 2.64. The van der Waals surface area contributed by atoms with Crippen LogP contribution in [-0.2, 0) is 14.1 Å². The fraction of sp³-hybridized carbons (Fsp3) is 0.0741. The largest absolute Gasteiger partial charge is 0.250 e. The summed E-state index contributed by atoms with van der Waals surface area (Å²) < 4.78 is 11.3. The van der Waals surface area contributed by atoms with E-state index >= 15 is 0 Å². The summed E-state index contributed by atoms with van der Waals surface area (Å²) in [7, 11) is 4.17. The van der Waals surface area contributed by atoms with Crippen LogP contribution in [0.15, 0.2) is 79.4 Å². The van der Waals surface area contributed by atoms with Gasteiger partial charge in [-0.3, -0.25) is 0 Å². The highest BCUT2D eigenvalue weighted by Crippen LogP contribution is 2.37. The maximum Gasteiger partial charge on any atom is 0.250 e. The topological polar surface area (TPSA) is 22.0 Å². The van der Waals surface area contributed by atoms with Crippen molar-refractivity contribution in [2.75, 3.05) is 0 Å². The summed E-state index contributed by atoms with van der Waals surface area (Å²) in [5.41, 5.74) is 4.96. The minimum absolute atomic E-state index is 0.626. The zero-order chi connectivity index (χ0) is 23.0. The van der Waals surface area contributed by atoms with Crippen molar-refractivity contribution in [1.29, 1.82) is 0 Å². The summed E-state index contributed by atoms with van der Waals surface area (Å²) in [6, 6.07) is 23.2. The van der Waals surface area contributed by atoms with E-state index < -0.39 is 0 Å². The zero-order valence-electron chi connectivity index (χ0n) is 18.6. The van der Waals surface area contributed by atoms with Gasteiger partial charge in [-0.05, 0) is 36.4 Å². The third-order valence-electron chi connectivity index (χ3n) is 6.38. The minimum Gasteiger partial charge on any atom is -0.238 e. The second-order valence-corrected chi connectivity index (χ2v) is 10.6. The van der Waals surface area contributed by atoms with Crippen molar-refractivity contribution in [3.8, 4) is 11.4 Å². The van der Waals surface area contributed by atoms with Crippen LogP contribution in [-0.4, -0.2) is 9.13 Å². The van der Waals surface area contributed by atoms with Crippen LogP contribution in [0.25, 0.3) is 57.1 Å². The van der Waals surface area contributed by atoms with E-state index in [-0.39, 0.29) is 0 Å². The lowest BCUT2D eigenvalue weighted by Crippen LogP contribution is -2.24. The van der Waals surface area contributed by atoms with Gasteiger partial charge in [-0.2, -0.15) is 9.13 Å². The van der Waals surface area contributed by atoms with Crippen molar-refractivity contribution in [3.63, 3.8) is 0 Å². The molecule has 5 nitrogen and oxygen atoms in total. The van der Waals surface area contributed by atoms with Crippen molar-refractivity contribution in [2.24, 2.45) is 14.1 Å². The van der Waals surface area contributed by atoms with Crippen LogP contribution in [0.3, 0.4) is 0 Å². The number of fused-ring (bicyclic) bond motifs is 6. The van der Waals surface area contributed by atoms with E-state index in [1.807, 2.05) is 12.1 Å². The van der Waals surface area contributed by atoms with Crippen molar-refractivity contribution in [2.45, 2.75) is 0 Å². The molecule has 0 amide bonds. The Morgan fingerprint density at radius 2 is 1.18 bits per heavy atom. The highest BCUT2D eigenvalue weighted by Gasteiger charge is 2.25. The molecule has 0 aliphatic carbocycles. The van der Waals surface area contributed by atoms with Crippen molar-refractivity contribution in [1.82, 2.24) is 9.13 Å². The lowest BCUT2D eigenvalue weighted by Gasteiger charge is -2.03. The summed E-state index contributed by atoms with van der Waals surface area (Å²) >= 11 is 3.59. The van der Waals surface area contributed by atoms with Crippen LogP contribution in [0.2, 0.25) is 0 Å². The van der Waals surface area contributed by atoms with Gasteiger partial charge in [0.1, 0.15) is 11.4 Å². The van der Waals surface area contributed by atoms with Crippen LogP contribution >= 0.6 is 22.7 Å². The van der Waals surface area contributed by atoms with E-state index in [0.29, 0.717) is 5.69 Å². The van der Waals surface area contributed by atoms with Crippen LogP contribution in [0.1, 0.15) is 0 Å². The first-order valence-electron chi connectivity index (χ1n) is 10.9. The predicted octanol–water partition coefficient (Wildman–Crippen LogP) is 6.20. The molecule has 3 aromatic carbocycles. The van der Waals surface area contributed by atoms with E-state index in [4.69, 9.17) is 6.57 Å². The maximum atomic E-state index is 7.80. The Morgan fingerprint density at radius 1 is 0.706 bits per heavy atom. The first kappa shape index (κ1) is 19.5. The Bertz CT molecular complexity index is 1830. The molecule has 34 heavy (non-hydrogen) atoms. The molecule has 7 heteroatoms. The molecule has 0 atom stereocenters. The van der Waals surface area contributed by atoms with Crippen molar-refractivity contribution < 1.29 is 9.13 Å². The molecule has 4 aromatic heterocycles. The lowest BCUT2D eigenvalue weighted by atomic mass is 10.2. The van der Waals surface area contributed by atoms with E-state index in [0.717, 1.165) is 11.4 Å². The lowest BCUT2D eigenvalue weighted by molar-refractivity contribution is -0.643. The van der Waals surface area contributed by atoms with Crippen LogP contribution in [0.5, 0.6) is 0 Å². The van der Waals surface area contributed by atoms with E-state index in [9.17, 15) is 0 Å². The normalized spacial score (nSPS) is 11.8. The predicted molar refractivity (Wildman–Crippen MR) is 139 cm³/mol. The van der Waals surface area contributed by atoms with Crippen LogP contribution in [0, 0.1) is 6.57 Å². The average Bonchev–Trinajstić information content (AvgIpc) is 3.59. The average molecular weight is 478 g/mol. The first-order valence-corrected chi connectivity index (χ1v) is 12.6. The van der Waals surface area contributed by atoms with Gasteiger partial charge in [0.2, 0.25) is 22.3 Å². The number of aryl methyl sites for hydroxylation is 2. The fourth-order valence-electron chi connectivity index (χ4n) is 4.86. The first-order chi connectivity index (χ1) is 16.6. The Balaban J connectivity index is 1.54. The smallest absolute Gasteiger partial charge is 0.238 e. The van der Waals surface area contributed by atoms with Gasteiger partial charge >= 0.3 is 0 Å². The summed E-state index contributed by atoms with van der Waals surface area (Å²) in [5.74, 6) is 0. The van der Waals surface area contributed by atoms with Gasteiger partial charge in [-0.15, -0.1) is 0 Å². The summed E-state index contributed by atoms with van der Waals surface area (Å²) in [5, 5.41) is 2.47. The van der Waals surface area contributed by atoms with Crippen molar-refractivity contribution in [3.05, 3.63) is 90.8 Å². The fourth-order valence-corrected chi connectivity index (χ4v) is 7.11. The highest BCUT2D eigenvalue weighted by atomic mass is 32.1. The molecule has 0 aliphatic heterocycles. The molecule has 0 radical (unpaired) electrons. The molecule has 0 unspecified atom stereocenters. The quantitative estimate of drug-likeness (QED) is 0.209. The number of thiophene rings is 2. The van der Waals surface area contributed by atoms with Gasteiger partial charge in [0.15, 0.2) is 16.7 Å². The monoisotopic (exact) mass is 477 g/mol. The molecule has 0 spiro atoms. The number of hydrogen-bond acceptors (Lipinski definition) is 2. The second-order valence-electron chi connectivity index (χ2n) is 8.52. The number of benzene rings is 3. The molecule has 0 N–H and O–H groups in total. The zero-order valence-corrected chi connectivity index (χ0v) is 20.2. The number of imidazole rings is 2. The minimum atomic E-state index is 0.626. The molecule has 162 valence electrons. The molecule has 4 heterocycles. The molecule has 0 saturated heterocycles. The Morgan fingerprint density at radius 3 is 1.65 bits per heavy atom. The van der Waals surface area contributed by atoms with Gasteiger partial charge < -0.3 is 0 Å². The van der Waals surface area contributed by atoms with Gasteiger partial charge in [-0.1, -0.05) is 46.9 Å². The van der Waals surface area contributed by atoms with Gasteiger partial charge in [-0.25, -0.2) is 14.0 Å². The van der Waals surface area contributed by atoms with E-state index in [1.165, 1.54) is 40.9 Å². The SMILES string of the molecule is [C-]#[N+]c1cc(-n2c[n+](C)c3sc4ccccc4c32)cc(-n2c[n+](C)c3sc4ccccc4c32)c1. The van der Waals surface area contributed by atoms with Gasteiger partial charge in [0, 0.05) is 26.2 Å². The third-order valence-corrected chi connectivity index (χ3v) is 8.88. The Labute approximate surface area is 203 Å². The molecule has 0 bridgehead atoms. The molecule has 7 aromatic rings. The molecular formula is C27H19N5S2+2. The maximum absolute atomic E-state index is 7.80. The Kier molecular flexibility index (Phi) is 4.01. The molecule has 0 fully saturated rings. The number of aromatic nitrogens is 4. The van der Waals surface area contributed by atoms with E-state index in [2.05, 4.69) is 104 Å². The highest BCUT2D eigenvalue weighted by molar-refractivity contribution is 7.25. The summed E-state index contributed by atoms with van der Waals surface area (Å²) in [4.78, 5) is 6.27. The summed E-state index contributed by atoms with van der Waals surface area (Å²) in [6.07, 6.45) is 4.23. The van der Waals surface area contributed by atoms with Gasteiger partial charge in [0.25, 0.3) is 0 Å². The molecule has 0 aliphatic rings. The Hall–Kier alpha value is -3.99. The van der Waals surface area contributed by atoms with Gasteiger partial charge in [0.05, 0.1) is 20.7 Å². The molecule has 7 rings (SSSR count). The number of hydrogen-bond donors (Lipinski definition) is 0. The number of rotatable bonds is 2. The summed E-state index contributed by atoms with van der Waals surface area (Å²) in [6.45, 7) is 7.80. The molecular weight excluding hydrogens is 458 g/mol. The van der Waals surface area contributed by atoms with Crippen molar-refractivity contribution >= 4 is 69.2 Å². The van der Waals surface area contributed by atoms with Crippen LogP contribution in [0.4, 0.5) is 5.69 Å². The standard InChI is InChI=1S/C27H19N5S2/c1-28-17-12-18(31-15-29(2)26-24(31)20-8-4-6-10-22(20)33-26)14-19(13-17)32-16-30(3)27-25(32)21-9-5-7-11-23(21)34-27/h4-16H,2-3H3/q+2.